The van der Waals surface area contributed by atoms with Gasteiger partial charge < -0.3 is 15.3 Å². The number of nitrogens with two attached hydrogens (primary N) is 1. The molecule has 0 fully saturated rings. The van der Waals surface area contributed by atoms with Crippen LogP contribution >= 0.6 is 15.9 Å². The van der Waals surface area contributed by atoms with Crippen molar-refractivity contribution in [3.63, 3.8) is 0 Å². The van der Waals surface area contributed by atoms with Crippen molar-refractivity contribution in [1.82, 2.24) is 0 Å². The molecule has 1 aromatic heterocycles. The van der Waals surface area contributed by atoms with Crippen LogP contribution in [0.2, 0.25) is 0 Å². The zero-order chi connectivity index (χ0) is 11.6. The summed E-state index contributed by atoms with van der Waals surface area (Å²) >= 11 is 3.38. The molecule has 4 nitrogen and oxygen atoms in total. The zero-order valence-electron chi connectivity index (χ0n) is 8.71. The topological polar surface area (TPSA) is 76.5 Å². The molecule has 1 atom stereocenters. The molecule has 1 unspecified atom stereocenters. The molecule has 84 valence electrons. The maximum Gasteiger partial charge on any atom is 0.303 e. The van der Waals surface area contributed by atoms with Crippen molar-refractivity contribution in [3.8, 4) is 0 Å². The molecule has 0 aliphatic heterocycles. The minimum absolute atomic E-state index is 0.0535. The highest BCUT2D eigenvalue weighted by atomic mass is 79.9. The van der Waals surface area contributed by atoms with Gasteiger partial charge in [-0.05, 0) is 36.2 Å². The van der Waals surface area contributed by atoms with Gasteiger partial charge in [-0.15, -0.1) is 0 Å². The normalized spacial score (nSPS) is 12.8. The second kappa shape index (κ2) is 4.81. The van der Waals surface area contributed by atoms with E-state index in [9.17, 15) is 4.79 Å². The molecule has 0 spiro atoms. The average molecular weight is 276 g/mol. The van der Waals surface area contributed by atoms with Crippen LogP contribution in [0.1, 0.15) is 36.0 Å². The molecule has 1 rings (SSSR count). The van der Waals surface area contributed by atoms with Gasteiger partial charge in [-0.25, -0.2) is 0 Å². The summed E-state index contributed by atoms with van der Waals surface area (Å²) < 4.78 is 6.38. The van der Waals surface area contributed by atoms with Gasteiger partial charge in [0, 0.05) is 12.0 Å². The Bertz CT molecular complexity index is 373. The van der Waals surface area contributed by atoms with Gasteiger partial charge in [-0.2, -0.15) is 0 Å². The lowest BCUT2D eigenvalue weighted by Gasteiger charge is -2.07. The van der Waals surface area contributed by atoms with Crippen LogP contribution in [0.3, 0.4) is 0 Å². The van der Waals surface area contributed by atoms with E-state index in [4.69, 9.17) is 15.3 Å². The Balaban J connectivity index is 2.77. The third-order valence-corrected chi connectivity index (χ3v) is 3.43. The first-order valence-electron chi connectivity index (χ1n) is 4.66. The molecule has 3 N–H and O–H groups in total. The maximum absolute atomic E-state index is 10.4. The first-order valence-corrected chi connectivity index (χ1v) is 5.45. The monoisotopic (exact) mass is 275 g/mol. The summed E-state index contributed by atoms with van der Waals surface area (Å²) in [7, 11) is 0. The largest absolute Gasteiger partial charge is 0.481 e. The highest BCUT2D eigenvalue weighted by Crippen LogP contribution is 2.31. The van der Waals surface area contributed by atoms with Crippen molar-refractivity contribution >= 4 is 21.9 Å². The number of furan rings is 1. The number of halogens is 1. The Kier molecular flexibility index (Phi) is 3.93. The van der Waals surface area contributed by atoms with Crippen molar-refractivity contribution in [3.05, 3.63) is 21.6 Å². The van der Waals surface area contributed by atoms with Crippen LogP contribution in [0.15, 0.2) is 8.89 Å². The molecular formula is C10H14BrNO3. The van der Waals surface area contributed by atoms with E-state index in [1.165, 1.54) is 0 Å². The van der Waals surface area contributed by atoms with Crippen molar-refractivity contribution in [1.29, 1.82) is 0 Å². The minimum Gasteiger partial charge on any atom is -0.481 e. The fourth-order valence-corrected chi connectivity index (χ4v) is 1.70. The van der Waals surface area contributed by atoms with E-state index >= 15 is 0 Å². The summed E-state index contributed by atoms with van der Waals surface area (Å²) in [5.41, 5.74) is 6.80. The fourth-order valence-electron chi connectivity index (χ4n) is 1.42. The van der Waals surface area contributed by atoms with Crippen molar-refractivity contribution in [2.45, 2.75) is 32.7 Å². The summed E-state index contributed by atoms with van der Waals surface area (Å²) in [6.45, 7) is 3.74. The van der Waals surface area contributed by atoms with Crippen molar-refractivity contribution in [2.24, 2.45) is 5.73 Å². The second-order valence-corrected chi connectivity index (χ2v) is 4.29. The zero-order valence-corrected chi connectivity index (χ0v) is 10.3. The molecule has 1 aromatic rings. The number of hydrogen-bond acceptors (Lipinski definition) is 3. The molecule has 0 aliphatic rings. The fraction of sp³-hybridized carbons (Fsp3) is 0.500. The highest BCUT2D eigenvalue weighted by Gasteiger charge is 2.18. The number of carboxylic acids is 1. The van der Waals surface area contributed by atoms with Crippen LogP contribution in [0.4, 0.5) is 0 Å². The van der Waals surface area contributed by atoms with E-state index in [0.717, 1.165) is 15.8 Å². The molecule has 0 saturated heterocycles. The van der Waals surface area contributed by atoms with E-state index < -0.39 is 5.97 Å². The van der Waals surface area contributed by atoms with Crippen LogP contribution in [-0.4, -0.2) is 11.1 Å². The van der Waals surface area contributed by atoms with Gasteiger partial charge in [0.1, 0.15) is 11.5 Å². The van der Waals surface area contributed by atoms with E-state index in [1.807, 2.05) is 13.8 Å². The van der Waals surface area contributed by atoms with Crippen LogP contribution in [0, 0.1) is 13.8 Å². The summed E-state index contributed by atoms with van der Waals surface area (Å²) in [6, 6.07) is -0.355. The summed E-state index contributed by atoms with van der Waals surface area (Å²) in [6.07, 6.45) is 0.438. The molecule has 5 heteroatoms. The molecule has 1 heterocycles. The molecule has 0 aliphatic carbocycles. The Morgan fingerprint density at radius 1 is 1.60 bits per heavy atom. The summed E-state index contributed by atoms with van der Waals surface area (Å²) in [4.78, 5) is 10.4. The van der Waals surface area contributed by atoms with Gasteiger partial charge in [0.15, 0.2) is 0 Å². The highest BCUT2D eigenvalue weighted by molar-refractivity contribution is 9.10. The van der Waals surface area contributed by atoms with Gasteiger partial charge in [0.25, 0.3) is 0 Å². The standard InChI is InChI=1S/C10H14BrNO3/c1-5-9(11)6(2)15-10(5)7(12)3-4-8(13)14/h7H,3-4,12H2,1-2H3,(H,13,14). The molecule has 0 bridgehead atoms. The molecule has 0 saturated carbocycles. The van der Waals surface area contributed by atoms with Crippen molar-refractivity contribution in [2.75, 3.05) is 0 Å². The third-order valence-electron chi connectivity index (χ3n) is 2.28. The number of aliphatic carboxylic acids is 1. The lowest BCUT2D eigenvalue weighted by atomic mass is 10.1. The Labute approximate surface area is 96.6 Å². The molecule has 0 radical (unpaired) electrons. The van der Waals surface area contributed by atoms with Gasteiger partial charge in [0.2, 0.25) is 0 Å². The van der Waals surface area contributed by atoms with Crippen LogP contribution in [0.5, 0.6) is 0 Å². The van der Waals surface area contributed by atoms with Crippen molar-refractivity contribution < 1.29 is 14.3 Å². The number of carboxylic acid groups (broad SMARTS) is 1. The van der Waals surface area contributed by atoms with E-state index in [2.05, 4.69) is 15.9 Å². The van der Waals surface area contributed by atoms with Crippen LogP contribution < -0.4 is 5.73 Å². The van der Waals surface area contributed by atoms with Gasteiger partial charge in [-0.1, -0.05) is 0 Å². The number of carbonyl (C=O) groups is 1. The smallest absolute Gasteiger partial charge is 0.303 e. The first kappa shape index (κ1) is 12.3. The number of aryl methyl sites for hydroxylation is 1. The summed E-state index contributed by atoms with van der Waals surface area (Å²) in [5, 5.41) is 8.54. The lowest BCUT2D eigenvalue weighted by Crippen LogP contribution is -2.12. The lowest BCUT2D eigenvalue weighted by molar-refractivity contribution is -0.137. The number of rotatable bonds is 4. The molecule has 0 amide bonds. The summed E-state index contributed by atoms with van der Waals surface area (Å²) in [5.74, 6) is 0.597. The Morgan fingerprint density at radius 3 is 2.60 bits per heavy atom. The van der Waals surface area contributed by atoms with Gasteiger partial charge in [0.05, 0.1) is 10.5 Å². The van der Waals surface area contributed by atoms with Crippen LogP contribution in [0.25, 0.3) is 0 Å². The SMILES string of the molecule is Cc1oc(C(N)CCC(=O)O)c(C)c1Br. The van der Waals surface area contributed by atoms with Gasteiger partial charge >= 0.3 is 5.97 Å². The van der Waals surface area contributed by atoms with E-state index in [1.54, 1.807) is 0 Å². The Hall–Kier alpha value is -0.810. The minimum atomic E-state index is -0.842. The maximum atomic E-state index is 10.4. The van der Waals surface area contributed by atoms with Crippen LogP contribution in [-0.2, 0) is 4.79 Å². The van der Waals surface area contributed by atoms with E-state index in [-0.39, 0.29) is 12.5 Å². The predicted molar refractivity (Wildman–Crippen MR) is 59.7 cm³/mol. The predicted octanol–water partition coefficient (Wildman–Crippen LogP) is 2.52. The quantitative estimate of drug-likeness (QED) is 0.885. The second-order valence-electron chi connectivity index (χ2n) is 3.50. The average Bonchev–Trinajstić information content (AvgIpc) is 2.42. The molecule has 15 heavy (non-hydrogen) atoms. The molecule has 0 aromatic carbocycles. The van der Waals surface area contributed by atoms with Gasteiger partial charge in [-0.3, -0.25) is 4.79 Å². The first-order chi connectivity index (χ1) is 6.93. The van der Waals surface area contributed by atoms with E-state index in [0.29, 0.717) is 12.2 Å². The number of hydrogen-bond donors (Lipinski definition) is 2. The third kappa shape index (κ3) is 2.82. The molecular weight excluding hydrogens is 262 g/mol. The Morgan fingerprint density at radius 2 is 2.20 bits per heavy atom.